The molecule has 1 unspecified atom stereocenters. The van der Waals surface area contributed by atoms with Gasteiger partial charge in [-0.1, -0.05) is 184 Å². The van der Waals surface area contributed by atoms with Crippen molar-refractivity contribution in [3.8, 4) is 0 Å². The molecule has 2 N–H and O–H groups in total. The standard InChI is InChI=1S/C45H78O6/c1-4-5-6-7-8-9-10-15-19-22-25-28-31-35-42(47)36-33-38-45(49)51-43(39-46)40-50-44(48)37-32-29-26-23-20-17-14-12-11-13-16-18-21-24-27-30-34-41(2)3/h5-6,8-9,15,19,25,28,31,35,41-43,46-47H,4,7,10-14,16-18,20-24,26-27,29-30,32-34,36-40H2,1-3H3/b6-5-,9-8-,19-15-,28-25-,35-31+/t42?,43-/m0/s1. The number of esters is 2. The van der Waals surface area contributed by atoms with Crippen LogP contribution in [-0.4, -0.2) is 47.6 Å². The summed E-state index contributed by atoms with van der Waals surface area (Å²) in [7, 11) is 0. The van der Waals surface area contributed by atoms with Gasteiger partial charge in [-0.15, -0.1) is 0 Å². The number of allylic oxidation sites excluding steroid dienone is 9. The van der Waals surface area contributed by atoms with E-state index in [0.29, 0.717) is 19.3 Å². The topological polar surface area (TPSA) is 93.1 Å². The molecule has 0 radical (unpaired) electrons. The molecule has 0 spiro atoms. The van der Waals surface area contributed by atoms with E-state index in [-0.39, 0.29) is 19.0 Å². The molecule has 0 aliphatic rings. The predicted molar refractivity (Wildman–Crippen MR) is 216 cm³/mol. The molecule has 294 valence electrons. The lowest BCUT2D eigenvalue weighted by atomic mass is 10.0. The highest BCUT2D eigenvalue weighted by Crippen LogP contribution is 2.15. The van der Waals surface area contributed by atoms with Gasteiger partial charge in [0.15, 0.2) is 6.10 Å². The molecular weight excluding hydrogens is 636 g/mol. The molecule has 0 saturated carbocycles. The Labute approximate surface area is 313 Å². The van der Waals surface area contributed by atoms with Crippen LogP contribution in [0.5, 0.6) is 0 Å². The van der Waals surface area contributed by atoms with E-state index in [1.807, 2.05) is 18.2 Å². The molecule has 6 nitrogen and oxygen atoms in total. The fourth-order valence-electron chi connectivity index (χ4n) is 5.71. The van der Waals surface area contributed by atoms with Crippen molar-refractivity contribution in [2.75, 3.05) is 13.2 Å². The summed E-state index contributed by atoms with van der Waals surface area (Å²) in [6, 6.07) is 0. The largest absolute Gasteiger partial charge is 0.462 e. The molecule has 0 bridgehead atoms. The molecular formula is C45H78O6. The number of hydrogen-bond acceptors (Lipinski definition) is 6. The van der Waals surface area contributed by atoms with Crippen LogP contribution in [0.3, 0.4) is 0 Å². The molecule has 0 amide bonds. The maximum Gasteiger partial charge on any atom is 0.306 e. The Balaban J connectivity index is 3.71. The summed E-state index contributed by atoms with van der Waals surface area (Å²) >= 11 is 0. The van der Waals surface area contributed by atoms with Gasteiger partial charge in [0.2, 0.25) is 0 Å². The van der Waals surface area contributed by atoms with E-state index in [1.165, 1.54) is 89.9 Å². The van der Waals surface area contributed by atoms with Crippen molar-refractivity contribution in [1.82, 2.24) is 0 Å². The number of unbranched alkanes of at least 4 members (excludes halogenated alkanes) is 15. The summed E-state index contributed by atoms with van der Waals surface area (Å²) in [5, 5.41) is 19.7. The molecule has 0 saturated heterocycles. The van der Waals surface area contributed by atoms with E-state index >= 15 is 0 Å². The first kappa shape index (κ1) is 48.6. The zero-order valence-electron chi connectivity index (χ0n) is 33.1. The van der Waals surface area contributed by atoms with E-state index in [9.17, 15) is 19.8 Å². The van der Waals surface area contributed by atoms with Crippen LogP contribution < -0.4 is 0 Å². The lowest BCUT2D eigenvalue weighted by molar-refractivity contribution is -0.161. The molecule has 0 aromatic carbocycles. The minimum Gasteiger partial charge on any atom is -0.462 e. The van der Waals surface area contributed by atoms with Gasteiger partial charge >= 0.3 is 11.9 Å². The molecule has 51 heavy (non-hydrogen) atoms. The van der Waals surface area contributed by atoms with E-state index < -0.39 is 24.8 Å². The Bertz CT molecular complexity index is 931. The van der Waals surface area contributed by atoms with Crippen LogP contribution in [0.1, 0.15) is 181 Å². The third kappa shape index (κ3) is 38.6. The summed E-state index contributed by atoms with van der Waals surface area (Å²) in [4.78, 5) is 24.3. The molecule has 0 aliphatic carbocycles. The summed E-state index contributed by atoms with van der Waals surface area (Å²) in [5.74, 6) is 0.0554. The van der Waals surface area contributed by atoms with Crippen molar-refractivity contribution in [3.05, 3.63) is 60.8 Å². The van der Waals surface area contributed by atoms with Crippen molar-refractivity contribution in [1.29, 1.82) is 0 Å². The lowest BCUT2D eigenvalue weighted by Gasteiger charge is -2.16. The van der Waals surface area contributed by atoms with Crippen LogP contribution in [0.15, 0.2) is 60.8 Å². The van der Waals surface area contributed by atoms with Crippen LogP contribution >= 0.6 is 0 Å². The van der Waals surface area contributed by atoms with Gasteiger partial charge in [0, 0.05) is 12.8 Å². The van der Waals surface area contributed by atoms with Crippen LogP contribution in [0.4, 0.5) is 0 Å². The fraction of sp³-hybridized carbons (Fsp3) is 0.733. The first-order valence-electron chi connectivity index (χ1n) is 20.8. The second-order valence-corrected chi connectivity index (χ2v) is 14.4. The van der Waals surface area contributed by atoms with E-state index in [1.54, 1.807) is 6.08 Å². The van der Waals surface area contributed by atoms with Crippen LogP contribution in [0.2, 0.25) is 0 Å². The van der Waals surface area contributed by atoms with Crippen LogP contribution in [0, 0.1) is 5.92 Å². The van der Waals surface area contributed by atoms with Gasteiger partial charge in [0.05, 0.1) is 12.7 Å². The average Bonchev–Trinajstić information content (AvgIpc) is 3.11. The maximum absolute atomic E-state index is 12.2. The molecule has 0 aliphatic heterocycles. The van der Waals surface area contributed by atoms with Gasteiger partial charge in [-0.3, -0.25) is 9.59 Å². The van der Waals surface area contributed by atoms with Crippen molar-refractivity contribution in [3.63, 3.8) is 0 Å². The second-order valence-electron chi connectivity index (χ2n) is 14.4. The molecule has 0 heterocycles. The molecule has 0 fully saturated rings. The van der Waals surface area contributed by atoms with E-state index in [2.05, 4.69) is 57.2 Å². The number of aliphatic hydroxyl groups is 2. The summed E-state index contributed by atoms with van der Waals surface area (Å²) in [6.45, 7) is 6.22. The number of aliphatic hydroxyl groups excluding tert-OH is 2. The molecule has 0 rings (SSSR count). The zero-order valence-corrected chi connectivity index (χ0v) is 33.1. The lowest BCUT2D eigenvalue weighted by Crippen LogP contribution is -2.28. The van der Waals surface area contributed by atoms with Crippen LogP contribution in [-0.2, 0) is 19.1 Å². The Morgan fingerprint density at radius 3 is 1.55 bits per heavy atom. The molecule has 0 aromatic rings. The van der Waals surface area contributed by atoms with Gasteiger partial charge < -0.3 is 19.7 Å². The van der Waals surface area contributed by atoms with Crippen LogP contribution in [0.25, 0.3) is 0 Å². The zero-order chi connectivity index (χ0) is 37.5. The minimum atomic E-state index is -0.867. The predicted octanol–water partition coefficient (Wildman–Crippen LogP) is 12.0. The van der Waals surface area contributed by atoms with Gasteiger partial charge in [0.1, 0.15) is 6.61 Å². The Morgan fingerprint density at radius 2 is 1.04 bits per heavy atom. The Kier molecular flexibility index (Phi) is 36.9. The first-order valence-corrected chi connectivity index (χ1v) is 20.8. The highest BCUT2D eigenvalue weighted by atomic mass is 16.6. The highest BCUT2D eigenvalue weighted by Gasteiger charge is 2.16. The quantitative estimate of drug-likeness (QED) is 0.0290. The number of carbonyl (C=O) groups is 2. The summed E-state index contributed by atoms with van der Waals surface area (Å²) in [5.41, 5.74) is 0. The van der Waals surface area contributed by atoms with E-state index in [0.717, 1.165) is 50.9 Å². The summed E-state index contributed by atoms with van der Waals surface area (Å²) < 4.78 is 10.5. The van der Waals surface area contributed by atoms with Crippen molar-refractivity contribution >= 4 is 11.9 Å². The third-order valence-electron chi connectivity index (χ3n) is 8.86. The van der Waals surface area contributed by atoms with Gasteiger partial charge in [-0.05, 0) is 50.9 Å². The first-order chi connectivity index (χ1) is 24.9. The number of hydrogen-bond donors (Lipinski definition) is 2. The van der Waals surface area contributed by atoms with Gasteiger partial charge in [0.25, 0.3) is 0 Å². The van der Waals surface area contributed by atoms with Crippen molar-refractivity contribution in [2.24, 2.45) is 5.92 Å². The normalized spacial score (nSPS) is 13.5. The minimum absolute atomic E-state index is 0.123. The van der Waals surface area contributed by atoms with Gasteiger partial charge in [-0.25, -0.2) is 0 Å². The Hall–Kier alpha value is -2.44. The summed E-state index contributed by atoms with van der Waals surface area (Å²) in [6.07, 6.45) is 46.0. The van der Waals surface area contributed by atoms with Crippen molar-refractivity contribution in [2.45, 2.75) is 193 Å². The number of ether oxygens (including phenoxy) is 2. The monoisotopic (exact) mass is 715 g/mol. The van der Waals surface area contributed by atoms with E-state index in [4.69, 9.17) is 9.47 Å². The number of carbonyl (C=O) groups excluding carboxylic acids is 2. The highest BCUT2D eigenvalue weighted by molar-refractivity contribution is 5.70. The second kappa shape index (κ2) is 38.8. The Morgan fingerprint density at radius 1 is 0.569 bits per heavy atom. The average molecular weight is 715 g/mol. The molecule has 2 atom stereocenters. The smallest absolute Gasteiger partial charge is 0.306 e. The third-order valence-corrected chi connectivity index (χ3v) is 8.86. The SMILES string of the molecule is CC/C=C\C/C=C\C/C=C\C/C=C\C=C\C(O)CCCC(=O)O[C@@H](CO)COC(=O)CCCCCCCCCCCCCCCCCCC(C)C. The molecule has 0 aromatic heterocycles. The maximum atomic E-state index is 12.2. The van der Waals surface area contributed by atoms with Gasteiger partial charge in [-0.2, -0.15) is 0 Å². The fourth-order valence-corrected chi connectivity index (χ4v) is 5.71. The number of rotatable bonds is 36. The van der Waals surface area contributed by atoms with Crippen molar-refractivity contribution < 1.29 is 29.3 Å². The molecule has 6 heteroatoms.